The highest BCUT2D eigenvalue weighted by Crippen LogP contribution is 2.18. The summed E-state index contributed by atoms with van der Waals surface area (Å²) in [5.41, 5.74) is 6.65. The van der Waals surface area contributed by atoms with Gasteiger partial charge >= 0.3 is 0 Å². The maximum atomic E-state index is 3.38. The summed E-state index contributed by atoms with van der Waals surface area (Å²) in [6.45, 7) is 4.62. The fourth-order valence-corrected chi connectivity index (χ4v) is 9.09. The van der Waals surface area contributed by atoms with Gasteiger partial charge in [0.2, 0.25) is 0 Å². The van der Waals surface area contributed by atoms with E-state index in [1.54, 1.807) is 0 Å². The second kappa shape index (κ2) is 55.5. The van der Waals surface area contributed by atoms with Crippen molar-refractivity contribution in [2.45, 2.75) is 335 Å². The molecule has 0 radical (unpaired) electrons. The third-order valence-electron chi connectivity index (χ3n) is 12.6. The van der Waals surface area contributed by atoms with Crippen molar-refractivity contribution >= 4 is 8.58 Å². The molecule has 0 bridgehead atoms. The molecule has 0 atom stereocenters. The van der Waals surface area contributed by atoms with Crippen molar-refractivity contribution in [2.75, 3.05) is 0 Å². The Bertz CT molecular complexity index is 754. The maximum absolute atomic E-state index is 3.38. The van der Waals surface area contributed by atoms with Crippen LogP contribution in [0.3, 0.4) is 0 Å². The zero-order valence-corrected chi connectivity index (χ0v) is 40.9. The fourth-order valence-electron chi connectivity index (χ4n) is 8.60. The van der Waals surface area contributed by atoms with Gasteiger partial charge in [-0.05, 0) is 12.8 Å². The minimum atomic E-state index is 0.530. The summed E-state index contributed by atoms with van der Waals surface area (Å²) in [4.78, 5) is 0. The van der Waals surface area contributed by atoms with Crippen molar-refractivity contribution in [3.8, 4) is 23.2 Å². The number of unbranched alkanes of at least 4 members (excludes halogenated alkanes) is 48. The van der Waals surface area contributed by atoms with E-state index in [2.05, 4.69) is 37.0 Å². The molecule has 0 amide bonds. The fraction of sp³-hybridized carbons (Fsp3) is 0.929. The number of hydrogen-bond donors (Lipinski definition) is 0. The molecule has 0 N–H and O–H groups in total. The molecule has 0 saturated carbocycles. The second-order valence-electron chi connectivity index (χ2n) is 18.5. The lowest BCUT2D eigenvalue weighted by Gasteiger charge is -2.04. The third kappa shape index (κ3) is 55.6. The molecule has 0 aromatic heterocycles. The predicted octanol–water partition coefficient (Wildman–Crippen LogP) is 21.1. The van der Waals surface area contributed by atoms with Crippen molar-refractivity contribution in [1.82, 2.24) is 0 Å². The molecule has 57 heavy (non-hydrogen) atoms. The van der Waals surface area contributed by atoms with Gasteiger partial charge in [0.25, 0.3) is 0 Å². The van der Waals surface area contributed by atoms with E-state index >= 15 is 0 Å². The molecule has 0 unspecified atom stereocenters. The lowest BCUT2D eigenvalue weighted by molar-refractivity contribution is 0.517. The maximum Gasteiger partial charge on any atom is 0.0358 e. The molecule has 0 rings (SSSR count). The molecular weight excluding hydrogens is 704 g/mol. The SMILES string of the molecule is CCCCCCCCCCCCCCCCCCCCCCCCCCC#CPC#CCCCCCCCCCCCCCCCCCCCCCCCCCC. The van der Waals surface area contributed by atoms with E-state index in [1.807, 2.05) is 0 Å². The largest absolute Gasteiger partial charge is 0.0979 e. The highest BCUT2D eigenvalue weighted by atomic mass is 31.1. The van der Waals surface area contributed by atoms with Gasteiger partial charge in [0, 0.05) is 21.4 Å². The van der Waals surface area contributed by atoms with Gasteiger partial charge in [0.05, 0.1) is 0 Å². The van der Waals surface area contributed by atoms with Crippen molar-refractivity contribution in [1.29, 1.82) is 0 Å². The molecule has 0 nitrogen and oxygen atoms in total. The van der Waals surface area contributed by atoms with E-state index in [1.165, 1.54) is 308 Å². The van der Waals surface area contributed by atoms with Crippen LogP contribution in [0.2, 0.25) is 0 Å². The monoisotopic (exact) mass is 811 g/mol. The molecule has 0 aliphatic carbocycles. The van der Waals surface area contributed by atoms with Gasteiger partial charge < -0.3 is 0 Å². The lowest BCUT2D eigenvalue weighted by atomic mass is 10.0. The van der Waals surface area contributed by atoms with Gasteiger partial charge in [-0.2, -0.15) is 0 Å². The zero-order chi connectivity index (χ0) is 40.9. The Labute approximate surface area is 365 Å². The summed E-state index contributed by atoms with van der Waals surface area (Å²) < 4.78 is 0. The van der Waals surface area contributed by atoms with E-state index in [0.717, 1.165) is 12.8 Å². The van der Waals surface area contributed by atoms with E-state index in [0.29, 0.717) is 8.58 Å². The van der Waals surface area contributed by atoms with Crippen molar-refractivity contribution in [2.24, 2.45) is 0 Å². The Hall–Kier alpha value is -0.450. The van der Waals surface area contributed by atoms with Gasteiger partial charge in [-0.15, -0.1) is 0 Å². The Morgan fingerprint density at radius 2 is 0.333 bits per heavy atom. The van der Waals surface area contributed by atoms with Crippen LogP contribution in [0.5, 0.6) is 0 Å². The Morgan fingerprint density at radius 3 is 0.491 bits per heavy atom. The van der Waals surface area contributed by atoms with E-state index in [9.17, 15) is 0 Å². The first-order chi connectivity index (χ1) is 28.4. The smallest absolute Gasteiger partial charge is 0.0358 e. The van der Waals surface area contributed by atoms with Crippen LogP contribution in [0.15, 0.2) is 0 Å². The van der Waals surface area contributed by atoms with Gasteiger partial charge in [0.15, 0.2) is 0 Å². The van der Waals surface area contributed by atoms with Crippen LogP contribution in [0, 0.1) is 23.2 Å². The van der Waals surface area contributed by atoms with Crippen LogP contribution in [0.4, 0.5) is 0 Å². The molecule has 336 valence electrons. The van der Waals surface area contributed by atoms with Crippen LogP contribution >= 0.6 is 8.58 Å². The molecule has 0 saturated heterocycles. The normalized spacial score (nSPS) is 11.1. The van der Waals surface area contributed by atoms with Crippen LogP contribution in [-0.2, 0) is 0 Å². The standard InChI is InChI=1S/C56H107P/c1-3-5-7-9-11-13-15-17-19-21-23-25-27-29-31-33-35-37-39-41-43-45-47-49-51-53-55-57-56-54-52-50-48-46-44-42-40-38-36-34-32-30-28-26-24-22-20-18-16-14-12-10-8-6-4-2/h57H,3-52H2,1-2H3. The predicted molar refractivity (Wildman–Crippen MR) is 266 cm³/mol. The average molecular weight is 811 g/mol. The number of hydrogen-bond acceptors (Lipinski definition) is 0. The lowest BCUT2D eigenvalue weighted by Crippen LogP contribution is -1.84. The Balaban J connectivity index is 3.17. The molecule has 1 heteroatoms. The second-order valence-corrected chi connectivity index (χ2v) is 19.2. The molecule has 0 aromatic rings. The van der Waals surface area contributed by atoms with Crippen LogP contribution in [-0.4, -0.2) is 0 Å². The first-order valence-corrected chi connectivity index (χ1v) is 28.1. The molecule has 0 aromatic carbocycles. The van der Waals surface area contributed by atoms with Gasteiger partial charge in [-0.25, -0.2) is 0 Å². The summed E-state index contributed by atoms with van der Waals surface area (Å²) in [5, 5.41) is 0. The summed E-state index contributed by atoms with van der Waals surface area (Å²) in [5.74, 6) is 6.76. The van der Waals surface area contributed by atoms with E-state index < -0.39 is 0 Å². The van der Waals surface area contributed by atoms with Crippen molar-refractivity contribution in [3.63, 3.8) is 0 Å². The van der Waals surface area contributed by atoms with Gasteiger partial charge in [0.1, 0.15) is 0 Å². The molecular formula is C56H107P. The van der Waals surface area contributed by atoms with Crippen molar-refractivity contribution in [3.05, 3.63) is 0 Å². The molecule has 0 aliphatic rings. The van der Waals surface area contributed by atoms with E-state index in [4.69, 9.17) is 0 Å². The molecule has 0 heterocycles. The molecule has 0 aliphatic heterocycles. The summed E-state index contributed by atoms with van der Waals surface area (Å²) in [6.07, 6.45) is 71.8. The average Bonchev–Trinajstić information content (AvgIpc) is 3.22. The van der Waals surface area contributed by atoms with Gasteiger partial charge in [-0.1, -0.05) is 332 Å². The quantitative estimate of drug-likeness (QED) is 0.0326. The van der Waals surface area contributed by atoms with E-state index in [-0.39, 0.29) is 0 Å². The minimum Gasteiger partial charge on any atom is -0.0979 e. The molecule has 0 fully saturated rings. The van der Waals surface area contributed by atoms with Gasteiger partial charge in [-0.3, -0.25) is 0 Å². The first-order valence-electron chi connectivity index (χ1n) is 27.1. The molecule has 0 spiro atoms. The Morgan fingerprint density at radius 1 is 0.193 bits per heavy atom. The topological polar surface area (TPSA) is 0 Å². The summed E-state index contributed by atoms with van der Waals surface area (Å²) in [7, 11) is 0.530. The minimum absolute atomic E-state index is 0.530. The highest BCUT2D eigenvalue weighted by Gasteiger charge is 1.98. The zero-order valence-electron chi connectivity index (χ0n) is 39.9. The number of rotatable bonds is 48. The first kappa shape index (κ1) is 56.5. The third-order valence-corrected chi connectivity index (χ3v) is 13.2. The van der Waals surface area contributed by atoms with Crippen LogP contribution in [0.1, 0.15) is 335 Å². The Kier molecular flexibility index (Phi) is 55.1. The van der Waals surface area contributed by atoms with Crippen LogP contribution in [0.25, 0.3) is 0 Å². The highest BCUT2D eigenvalue weighted by molar-refractivity contribution is 7.49. The summed E-state index contributed by atoms with van der Waals surface area (Å²) >= 11 is 0. The summed E-state index contributed by atoms with van der Waals surface area (Å²) in [6, 6.07) is 0. The van der Waals surface area contributed by atoms with Crippen LogP contribution < -0.4 is 0 Å². The van der Waals surface area contributed by atoms with Crippen molar-refractivity contribution < 1.29 is 0 Å².